The van der Waals surface area contributed by atoms with Crippen molar-refractivity contribution in [1.29, 1.82) is 0 Å². The van der Waals surface area contributed by atoms with E-state index in [4.69, 9.17) is 0 Å². The van der Waals surface area contributed by atoms with Crippen LogP contribution in [0.15, 0.2) is 12.2 Å². The fourth-order valence-electron chi connectivity index (χ4n) is 2.29. The number of likely N-dealkylation sites (tertiary alicyclic amines) is 1. The Morgan fingerprint density at radius 2 is 2.14 bits per heavy atom. The minimum Gasteiger partial charge on any atom is -0.338 e. The zero-order valence-corrected chi connectivity index (χ0v) is 9.55. The van der Waals surface area contributed by atoms with Gasteiger partial charge >= 0.3 is 0 Å². The van der Waals surface area contributed by atoms with Crippen LogP contribution in [0.2, 0.25) is 0 Å². The van der Waals surface area contributed by atoms with E-state index in [-0.39, 0.29) is 5.92 Å². The number of amides is 1. The lowest BCUT2D eigenvalue weighted by Gasteiger charge is -2.45. The summed E-state index contributed by atoms with van der Waals surface area (Å²) in [5, 5.41) is 0. The number of carbonyl (C=O) groups is 1. The lowest BCUT2D eigenvalue weighted by molar-refractivity contribution is -0.151. The third-order valence-electron chi connectivity index (χ3n) is 3.09. The van der Waals surface area contributed by atoms with Crippen LogP contribution in [-0.2, 0) is 4.79 Å². The molecule has 1 heterocycles. The van der Waals surface area contributed by atoms with E-state index in [1.807, 2.05) is 18.9 Å². The highest BCUT2D eigenvalue weighted by molar-refractivity contribution is 5.86. The van der Waals surface area contributed by atoms with E-state index in [2.05, 4.69) is 13.5 Å². The molecule has 1 fully saturated rings. The van der Waals surface area contributed by atoms with Gasteiger partial charge in [-0.2, -0.15) is 0 Å². The van der Waals surface area contributed by atoms with Crippen molar-refractivity contribution in [2.75, 3.05) is 7.05 Å². The summed E-state index contributed by atoms with van der Waals surface area (Å²) >= 11 is 0. The Hall–Kier alpha value is -0.790. The minimum atomic E-state index is 0.226. The van der Waals surface area contributed by atoms with Gasteiger partial charge in [0.25, 0.3) is 0 Å². The summed E-state index contributed by atoms with van der Waals surface area (Å²) in [6, 6.07) is 0.305. The zero-order valence-electron chi connectivity index (χ0n) is 9.55. The first-order valence-electron chi connectivity index (χ1n) is 5.51. The van der Waals surface area contributed by atoms with Crippen LogP contribution in [0.25, 0.3) is 0 Å². The van der Waals surface area contributed by atoms with Gasteiger partial charge < -0.3 is 4.90 Å². The molecule has 0 saturated carbocycles. The monoisotopic (exact) mass is 195 g/mol. The summed E-state index contributed by atoms with van der Waals surface area (Å²) in [4.78, 5) is 13.4. The molecule has 1 saturated heterocycles. The van der Waals surface area contributed by atoms with Crippen LogP contribution in [0.4, 0.5) is 0 Å². The second-order valence-electron chi connectivity index (χ2n) is 4.34. The molecule has 0 aromatic rings. The Labute approximate surface area is 87.0 Å². The van der Waals surface area contributed by atoms with Gasteiger partial charge in [-0.3, -0.25) is 4.79 Å². The molecule has 0 radical (unpaired) electrons. The van der Waals surface area contributed by atoms with Crippen LogP contribution in [-0.4, -0.2) is 23.9 Å². The van der Waals surface area contributed by atoms with Gasteiger partial charge in [0, 0.05) is 7.05 Å². The van der Waals surface area contributed by atoms with E-state index in [0.717, 1.165) is 12.0 Å². The van der Waals surface area contributed by atoms with Crippen LogP contribution in [0.5, 0.6) is 0 Å². The number of hydrogen-bond donors (Lipinski definition) is 0. The number of likely N-dealkylation sites (N-methyl/N-ethyl adjacent to an activating group) is 1. The van der Waals surface area contributed by atoms with E-state index in [9.17, 15) is 4.79 Å². The van der Waals surface area contributed by atoms with Gasteiger partial charge in [0.2, 0.25) is 5.91 Å². The Bertz CT molecular complexity index is 234. The maximum atomic E-state index is 11.6. The Morgan fingerprint density at radius 1 is 1.50 bits per heavy atom. The normalized spacial score (nSPS) is 26.2. The summed E-state index contributed by atoms with van der Waals surface area (Å²) < 4.78 is 0. The number of unbranched alkanes of at least 4 members (excludes halogenated alkanes) is 2. The van der Waals surface area contributed by atoms with Gasteiger partial charge in [0.1, 0.15) is 0 Å². The van der Waals surface area contributed by atoms with E-state index in [1.165, 1.54) is 19.3 Å². The molecule has 2 heteroatoms. The molecule has 0 bridgehead atoms. The molecule has 2 unspecified atom stereocenters. The Morgan fingerprint density at radius 3 is 2.64 bits per heavy atom. The number of rotatable bonds is 5. The van der Waals surface area contributed by atoms with Crippen LogP contribution >= 0.6 is 0 Å². The largest absolute Gasteiger partial charge is 0.338 e. The molecular weight excluding hydrogens is 174 g/mol. The van der Waals surface area contributed by atoms with Crippen molar-refractivity contribution in [3.63, 3.8) is 0 Å². The molecule has 14 heavy (non-hydrogen) atoms. The lowest BCUT2D eigenvalue weighted by atomic mass is 9.80. The molecule has 1 aliphatic rings. The van der Waals surface area contributed by atoms with Gasteiger partial charge in [-0.25, -0.2) is 0 Å². The second kappa shape index (κ2) is 4.63. The summed E-state index contributed by atoms with van der Waals surface area (Å²) in [6.07, 6.45) is 4.66. The summed E-state index contributed by atoms with van der Waals surface area (Å²) in [5.74, 6) is 0.526. The van der Waals surface area contributed by atoms with Crippen molar-refractivity contribution in [3.8, 4) is 0 Å². The summed E-state index contributed by atoms with van der Waals surface area (Å²) in [7, 11) is 1.87. The average molecular weight is 195 g/mol. The maximum Gasteiger partial charge on any atom is 0.228 e. The quantitative estimate of drug-likeness (QED) is 0.375. The molecule has 0 aliphatic carbocycles. The molecule has 80 valence electrons. The van der Waals surface area contributed by atoms with Crippen molar-refractivity contribution in [3.05, 3.63) is 12.2 Å². The standard InChI is InChI=1S/C12H21NO/c1-5-6-7-8-10-11(9(2)3)13(4)12(10)14/h10-11H,2,5-8H2,1,3-4H3. The highest BCUT2D eigenvalue weighted by atomic mass is 16.2. The predicted octanol–water partition coefficient (Wildman–Crippen LogP) is 2.60. The van der Waals surface area contributed by atoms with Gasteiger partial charge in [0.05, 0.1) is 12.0 Å². The number of β-lactam (4-membered cyclic amide) rings is 1. The van der Waals surface area contributed by atoms with Crippen molar-refractivity contribution in [1.82, 2.24) is 4.90 Å². The minimum absolute atomic E-state index is 0.226. The topological polar surface area (TPSA) is 20.3 Å². The van der Waals surface area contributed by atoms with E-state index >= 15 is 0 Å². The number of carbonyl (C=O) groups excluding carboxylic acids is 1. The zero-order chi connectivity index (χ0) is 10.7. The fourth-order valence-corrected chi connectivity index (χ4v) is 2.29. The Kier molecular flexibility index (Phi) is 3.73. The molecule has 0 aromatic heterocycles. The van der Waals surface area contributed by atoms with Crippen LogP contribution in [0, 0.1) is 5.92 Å². The molecule has 1 aliphatic heterocycles. The van der Waals surface area contributed by atoms with E-state index in [1.54, 1.807) is 0 Å². The third kappa shape index (κ3) is 1.99. The molecule has 1 amide bonds. The number of hydrogen-bond acceptors (Lipinski definition) is 1. The SMILES string of the molecule is C=C(C)C1C(CCCCC)C(=O)N1C. The highest BCUT2D eigenvalue weighted by Crippen LogP contribution is 2.33. The molecule has 2 nitrogen and oxygen atoms in total. The first-order chi connectivity index (χ1) is 6.59. The van der Waals surface area contributed by atoms with Gasteiger partial charge in [0.15, 0.2) is 0 Å². The van der Waals surface area contributed by atoms with Crippen molar-refractivity contribution in [2.45, 2.75) is 45.6 Å². The fraction of sp³-hybridized carbons (Fsp3) is 0.750. The molecule has 0 spiro atoms. The predicted molar refractivity (Wildman–Crippen MR) is 59.0 cm³/mol. The third-order valence-corrected chi connectivity index (χ3v) is 3.09. The van der Waals surface area contributed by atoms with Gasteiger partial charge in [-0.15, -0.1) is 0 Å². The molecule has 0 aromatic carbocycles. The van der Waals surface area contributed by atoms with Crippen molar-refractivity contribution >= 4 is 5.91 Å². The molecule has 2 atom stereocenters. The van der Waals surface area contributed by atoms with E-state index in [0.29, 0.717) is 11.9 Å². The van der Waals surface area contributed by atoms with Gasteiger partial charge in [-0.1, -0.05) is 38.3 Å². The molecule has 1 rings (SSSR count). The summed E-state index contributed by atoms with van der Waals surface area (Å²) in [6.45, 7) is 8.15. The van der Waals surface area contributed by atoms with Crippen molar-refractivity contribution < 1.29 is 4.79 Å². The van der Waals surface area contributed by atoms with Crippen LogP contribution in [0.3, 0.4) is 0 Å². The smallest absolute Gasteiger partial charge is 0.228 e. The first kappa shape index (κ1) is 11.3. The van der Waals surface area contributed by atoms with Crippen LogP contribution < -0.4 is 0 Å². The highest BCUT2D eigenvalue weighted by Gasteiger charge is 2.44. The number of nitrogens with zero attached hydrogens (tertiary/aromatic N) is 1. The summed E-state index contributed by atoms with van der Waals surface area (Å²) in [5.41, 5.74) is 1.12. The average Bonchev–Trinajstić information content (AvgIpc) is 2.15. The van der Waals surface area contributed by atoms with Crippen LogP contribution in [0.1, 0.15) is 39.5 Å². The molecular formula is C12H21NO. The second-order valence-corrected chi connectivity index (χ2v) is 4.34. The lowest BCUT2D eigenvalue weighted by Crippen LogP contribution is -2.59. The first-order valence-corrected chi connectivity index (χ1v) is 5.51. The Balaban J connectivity index is 2.43. The van der Waals surface area contributed by atoms with Crippen molar-refractivity contribution in [2.24, 2.45) is 5.92 Å². The molecule has 0 N–H and O–H groups in total. The van der Waals surface area contributed by atoms with Gasteiger partial charge in [-0.05, 0) is 13.3 Å². The van der Waals surface area contributed by atoms with E-state index < -0.39 is 0 Å². The maximum absolute atomic E-state index is 11.6.